The van der Waals surface area contributed by atoms with Gasteiger partial charge in [-0.3, -0.25) is 9.48 Å². The number of rotatable bonds is 9. The Bertz CT molecular complexity index is 1210. The van der Waals surface area contributed by atoms with Crippen molar-refractivity contribution >= 4 is 18.0 Å². The number of ether oxygens (including phenoxy) is 1. The first-order valence-corrected chi connectivity index (χ1v) is 11.5. The second-order valence-corrected chi connectivity index (χ2v) is 8.46. The second-order valence-electron chi connectivity index (χ2n) is 8.46. The van der Waals surface area contributed by atoms with Crippen molar-refractivity contribution in [3.05, 3.63) is 77.1 Å². The first-order chi connectivity index (χ1) is 16.9. The fraction of sp³-hybridized carbons (Fsp3) is 0.308. The standard InChI is InChI=1S/C26H28N4O5/c1-3-16(24(31)27-14-23-21(25(32)33)13-29-30(23)2)12-28-26(34)35-15-22-19-10-6-4-8-17(19)18-9-5-7-11-20(18)22/h4-11,13,16,22H,3,12,14-15H2,1-2H3,(H,27,31)(H,28,34)(H,32,33). The van der Waals surface area contributed by atoms with E-state index in [0.717, 1.165) is 22.3 Å². The Morgan fingerprint density at radius 3 is 2.29 bits per heavy atom. The number of carbonyl (C=O) groups is 3. The molecule has 1 aromatic heterocycles. The van der Waals surface area contributed by atoms with Crippen molar-refractivity contribution < 1.29 is 24.2 Å². The molecule has 0 saturated heterocycles. The van der Waals surface area contributed by atoms with Gasteiger partial charge in [0.1, 0.15) is 12.2 Å². The van der Waals surface area contributed by atoms with Crippen LogP contribution in [0.15, 0.2) is 54.7 Å². The summed E-state index contributed by atoms with van der Waals surface area (Å²) in [6, 6.07) is 16.2. The van der Waals surface area contributed by atoms with E-state index in [1.54, 1.807) is 7.05 Å². The third-order valence-corrected chi connectivity index (χ3v) is 6.42. The van der Waals surface area contributed by atoms with E-state index in [4.69, 9.17) is 4.74 Å². The molecule has 1 unspecified atom stereocenters. The number of hydrogen-bond donors (Lipinski definition) is 3. The van der Waals surface area contributed by atoms with Crippen LogP contribution in [0.25, 0.3) is 11.1 Å². The topological polar surface area (TPSA) is 123 Å². The normalized spacial score (nSPS) is 13.0. The van der Waals surface area contributed by atoms with Crippen molar-refractivity contribution in [2.24, 2.45) is 13.0 Å². The highest BCUT2D eigenvalue weighted by Crippen LogP contribution is 2.44. The molecule has 3 aromatic rings. The van der Waals surface area contributed by atoms with Crippen LogP contribution in [0.5, 0.6) is 0 Å². The van der Waals surface area contributed by atoms with E-state index >= 15 is 0 Å². The highest BCUT2D eigenvalue weighted by molar-refractivity contribution is 5.89. The summed E-state index contributed by atoms with van der Waals surface area (Å²) in [5.41, 5.74) is 4.99. The lowest BCUT2D eigenvalue weighted by Crippen LogP contribution is -2.39. The molecule has 1 aliphatic rings. The molecule has 3 N–H and O–H groups in total. The lowest BCUT2D eigenvalue weighted by atomic mass is 9.98. The summed E-state index contributed by atoms with van der Waals surface area (Å²) in [5.74, 6) is -1.92. The molecule has 1 atom stereocenters. The number of carboxylic acid groups (broad SMARTS) is 1. The van der Waals surface area contributed by atoms with Gasteiger partial charge in [-0.2, -0.15) is 5.10 Å². The number of carboxylic acids is 1. The van der Waals surface area contributed by atoms with Crippen LogP contribution in [-0.2, 0) is 23.1 Å². The van der Waals surface area contributed by atoms with E-state index in [1.807, 2.05) is 31.2 Å². The van der Waals surface area contributed by atoms with Crippen molar-refractivity contribution in [1.82, 2.24) is 20.4 Å². The van der Waals surface area contributed by atoms with E-state index in [2.05, 4.69) is 40.0 Å². The summed E-state index contributed by atoms with van der Waals surface area (Å²) >= 11 is 0. The molecule has 0 radical (unpaired) electrons. The number of aryl methyl sites for hydroxylation is 1. The Kier molecular flexibility index (Phi) is 7.14. The molecule has 0 aliphatic heterocycles. The van der Waals surface area contributed by atoms with Crippen LogP contribution in [0.2, 0.25) is 0 Å². The quantitative estimate of drug-likeness (QED) is 0.436. The van der Waals surface area contributed by atoms with Gasteiger partial charge in [0.05, 0.1) is 24.4 Å². The van der Waals surface area contributed by atoms with Crippen molar-refractivity contribution in [2.45, 2.75) is 25.8 Å². The van der Waals surface area contributed by atoms with Crippen LogP contribution >= 0.6 is 0 Å². The lowest BCUT2D eigenvalue weighted by Gasteiger charge is -2.17. The van der Waals surface area contributed by atoms with E-state index in [0.29, 0.717) is 12.1 Å². The predicted molar refractivity (Wildman–Crippen MR) is 129 cm³/mol. The van der Waals surface area contributed by atoms with Crippen LogP contribution < -0.4 is 10.6 Å². The number of fused-ring (bicyclic) bond motifs is 3. The van der Waals surface area contributed by atoms with Gasteiger partial charge in [-0.15, -0.1) is 0 Å². The van der Waals surface area contributed by atoms with Crippen molar-refractivity contribution in [3.8, 4) is 11.1 Å². The van der Waals surface area contributed by atoms with E-state index < -0.39 is 18.0 Å². The van der Waals surface area contributed by atoms with E-state index in [9.17, 15) is 19.5 Å². The summed E-state index contributed by atoms with van der Waals surface area (Å²) in [6.07, 6.45) is 1.16. The van der Waals surface area contributed by atoms with Crippen LogP contribution in [-0.4, -0.2) is 46.0 Å². The third kappa shape index (κ3) is 5.03. The fourth-order valence-electron chi connectivity index (χ4n) is 4.44. The Morgan fingerprint density at radius 1 is 1.06 bits per heavy atom. The van der Waals surface area contributed by atoms with Crippen molar-refractivity contribution in [3.63, 3.8) is 0 Å². The number of carbonyl (C=O) groups excluding carboxylic acids is 2. The van der Waals surface area contributed by atoms with Crippen LogP contribution in [0, 0.1) is 5.92 Å². The summed E-state index contributed by atoms with van der Waals surface area (Å²) < 4.78 is 6.95. The van der Waals surface area contributed by atoms with Gasteiger partial charge in [0.25, 0.3) is 0 Å². The molecule has 0 spiro atoms. The molecule has 4 rings (SSSR count). The Hall–Kier alpha value is -4.14. The molecule has 2 amide bonds. The molecule has 9 nitrogen and oxygen atoms in total. The summed E-state index contributed by atoms with van der Waals surface area (Å²) in [7, 11) is 1.62. The molecule has 2 aromatic carbocycles. The zero-order valence-corrected chi connectivity index (χ0v) is 19.7. The van der Waals surface area contributed by atoms with Gasteiger partial charge in [-0.25, -0.2) is 9.59 Å². The largest absolute Gasteiger partial charge is 0.478 e. The van der Waals surface area contributed by atoms with Crippen LogP contribution in [0.4, 0.5) is 4.79 Å². The van der Waals surface area contributed by atoms with Crippen molar-refractivity contribution in [1.29, 1.82) is 0 Å². The molecule has 0 bridgehead atoms. The fourth-order valence-corrected chi connectivity index (χ4v) is 4.44. The third-order valence-electron chi connectivity index (χ3n) is 6.42. The van der Waals surface area contributed by atoms with Gasteiger partial charge in [-0.1, -0.05) is 55.5 Å². The zero-order valence-electron chi connectivity index (χ0n) is 19.7. The average Bonchev–Trinajstić information content (AvgIpc) is 3.39. The monoisotopic (exact) mass is 476 g/mol. The Morgan fingerprint density at radius 2 is 1.69 bits per heavy atom. The van der Waals surface area contributed by atoms with Gasteiger partial charge < -0.3 is 20.5 Å². The number of amides is 2. The molecular weight excluding hydrogens is 448 g/mol. The number of alkyl carbamates (subject to hydrolysis) is 1. The average molecular weight is 477 g/mol. The Balaban J connectivity index is 1.30. The summed E-state index contributed by atoms with van der Waals surface area (Å²) in [6.45, 7) is 2.17. The first-order valence-electron chi connectivity index (χ1n) is 11.5. The van der Waals surface area contributed by atoms with Gasteiger partial charge in [0.15, 0.2) is 0 Å². The highest BCUT2D eigenvalue weighted by Gasteiger charge is 2.29. The summed E-state index contributed by atoms with van der Waals surface area (Å²) in [4.78, 5) is 36.4. The van der Waals surface area contributed by atoms with Gasteiger partial charge in [0.2, 0.25) is 5.91 Å². The van der Waals surface area contributed by atoms with Gasteiger partial charge in [-0.05, 0) is 28.7 Å². The first kappa shape index (κ1) is 24.0. The summed E-state index contributed by atoms with van der Waals surface area (Å²) in [5, 5.41) is 18.6. The number of hydrogen-bond acceptors (Lipinski definition) is 5. The molecule has 1 heterocycles. The highest BCUT2D eigenvalue weighted by atomic mass is 16.5. The molecular formula is C26H28N4O5. The van der Waals surface area contributed by atoms with E-state index in [-0.39, 0.29) is 37.1 Å². The number of aromatic carboxylic acids is 1. The van der Waals surface area contributed by atoms with Crippen molar-refractivity contribution in [2.75, 3.05) is 13.2 Å². The van der Waals surface area contributed by atoms with Gasteiger partial charge >= 0.3 is 12.1 Å². The Labute approximate surface area is 203 Å². The molecule has 0 fully saturated rings. The van der Waals surface area contributed by atoms with Gasteiger partial charge in [0, 0.05) is 19.5 Å². The molecule has 9 heteroatoms. The molecule has 182 valence electrons. The minimum atomic E-state index is -1.11. The maximum absolute atomic E-state index is 12.6. The minimum Gasteiger partial charge on any atom is -0.478 e. The second kappa shape index (κ2) is 10.4. The maximum atomic E-state index is 12.6. The number of aromatic nitrogens is 2. The molecule has 35 heavy (non-hydrogen) atoms. The maximum Gasteiger partial charge on any atom is 0.407 e. The van der Waals surface area contributed by atoms with E-state index in [1.165, 1.54) is 10.9 Å². The van der Waals surface area contributed by atoms with Crippen LogP contribution in [0.1, 0.15) is 46.4 Å². The number of nitrogens with zero attached hydrogens (tertiary/aromatic N) is 2. The van der Waals surface area contributed by atoms with Crippen LogP contribution in [0.3, 0.4) is 0 Å². The zero-order chi connectivity index (χ0) is 24.9. The number of nitrogens with one attached hydrogen (secondary N) is 2. The molecule has 0 saturated carbocycles. The number of benzene rings is 2. The minimum absolute atomic E-state index is 0.0262. The smallest absolute Gasteiger partial charge is 0.407 e. The SMILES string of the molecule is CCC(CNC(=O)OCC1c2ccccc2-c2ccccc21)C(=O)NCc1c(C(=O)O)cnn1C. The lowest BCUT2D eigenvalue weighted by molar-refractivity contribution is -0.125. The molecule has 1 aliphatic carbocycles. The predicted octanol–water partition coefficient (Wildman–Crippen LogP) is 3.30.